The molecule has 7 heteroatoms. The van der Waals surface area contributed by atoms with Crippen LogP contribution in [0.3, 0.4) is 0 Å². The van der Waals surface area contributed by atoms with Crippen LogP contribution < -0.4 is 5.32 Å². The summed E-state index contributed by atoms with van der Waals surface area (Å²) in [5.41, 5.74) is 2.97. The number of nitrogens with zero attached hydrogens (tertiary/aromatic N) is 2. The van der Waals surface area contributed by atoms with Crippen LogP contribution in [-0.4, -0.2) is 47.4 Å². The molecule has 0 aliphatic carbocycles. The van der Waals surface area contributed by atoms with Crippen LogP contribution in [-0.2, 0) is 28.0 Å². The van der Waals surface area contributed by atoms with Gasteiger partial charge in [0.1, 0.15) is 5.54 Å². The summed E-state index contributed by atoms with van der Waals surface area (Å²) in [5.74, 6) is -0.676. The molecule has 0 unspecified atom stereocenters. The van der Waals surface area contributed by atoms with Gasteiger partial charge in [-0.15, -0.1) is 0 Å². The molecule has 7 nitrogen and oxygen atoms in total. The third kappa shape index (κ3) is 4.28. The lowest BCUT2D eigenvalue weighted by Crippen LogP contribution is -2.41. The molecule has 31 heavy (non-hydrogen) atoms. The van der Waals surface area contributed by atoms with E-state index in [0.717, 1.165) is 29.1 Å². The molecule has 1 atom stereocenters. The van der Waals surface area contributed by atoms with Crippen molar-refractivity contribution in [1.82, 2.24) is 14.8 Å². The van der Waals surface area contributed by atoms with Crippen LogP contribution in [0.15, 0.2) is 30.3 Å². The lowest BCUT2D eigenvalue weighted by molar-refractivity contribution is -0.130. The van der Waals surface area contributed by atoms with Gasteiger partial charge in [0, 0.05) is 30.6 Å². The summed E-state index contributed by atoms with van der Waals surface area (Å²) in [6.07, 6.45) is 2.00. The van der Waals surface area contributed by atoms with E-state index in [1.807, 2.05) is 42.7 Å². The Kier molecular flexibility index (Phi) is 6.65. The fourth-order valence-electron chi connectivity index (χ4n) is 4.17. The number of amides is 3. The monoisotopic (exact) mass is 425 g/mol. The number of carbonyl (C=O) groups is 3. The maximum Gasteiger partial charge on any atom is 0.325 e. The SMILES string of the molecule is CCCc1ccc([C@]2(C)NC(=O)N(CC(=O)c3cc(C)n(CCOC)c3C)C2=O)cc1. The van der Waals surface area contributed by atoms with Crippen LogP contribution in [0.1, 0.15) is 53.1 Å². The van der Waals surface area contributed by atoms with Gasteiger partial charge in [0.05, 0.1) is 13.2 Å². The number of ether oxygens (including phenoxy) is 1. The van der Waals surface area contributed by atoms with Crippen molar-refractivity contribution in [2.24, 2.45) is 0 Å². The van der Waals surface area contributed by atoms with Gasteiger partial charge in [-0.05, 0) is 44.4 Å². The van der Waals surface area contributed by atoms with E-state index in [9.17, 15) is 14.4 Å². The van der Waals surface area contributed by atoms with Gasteiger partial charge in [0.2, 0.25) is 0 Å². The topological polar surface area (TPSA) is 80.6 Å². The summed E-state index contributed by atoms with van der Waals surface area (Å²) >= 11 is 0. The summed E-state index contributed by atoms with van der Waals surface area (Å²) in [5, 5.41) is 2.78. The second-order valence-corrected chi connectivity index (χ2v) is 8.25. The number of rotatable bonds is 9. The maximum atomic E-state index is 13.2. The summed E-state index contributed by atoms with van der Waals surface area (Å²) in [6, 6.07) is 8.96. The molecule has 1 aliphatic rings. The molecule has 1 fully saturated rings. The Bertz CT molecular complexity index is 993. The molecule has 3 amide bonds. The van der Waals surface area contributed by atoms with Crippen molar-refractivity contribution in [2.75, 3.05) is 20.3 Å². The van der Waals surface area contributed by atoms with Crippen molar-refractivity contribution in [3.63, 3.8) is 0 Å². The largest absolute Gasteiger partial charge is 0.383 e. The van der Waals surface area contributed by atoms with E-state index in [0.29, 0.717) is 24.3 Å². The van der Waals surface area contributed by atoms with Gasteiger partial charge in [0.25, 0.3) is 5.91 Å². The molecule has 2 aromatic rings. The molecule has 166 valence electrons. The number of nitrogens with one attached hydrogen (secondary N) is 1. The number of aryl methyl sites for hydroxylation is 2. The van der Waals surface area contributed by atoms with E-state index in [1.165, 1.54) is 5.56 Å². The highest BCUT2D eigenvalue weighted by Gasteiger charge is 2.49. The van der Waals surface area contributed by atoms with E-state index in [-0.39, 0.29) is 12.3 Å². The number of hydrogen-bond donors (Lipinski definition) is 1. The van der Waals surface area contributed by atoms with E-state index < -0.39 is 17.5 Å². The van der Waals surface area contributed by atoms with Gasteiger partial charge in [-0.3, -0.25) is 14.5 Å². The van der Waals surface area contributed by atoms with Crippen molar-refractivity contribution in [3.05, 3.63) is 58.4 Å². The Labute approximate surface area is 183 Å². The minimum absolute atomic E-state index is 0.261. The minimum atomic E-state index is -1.18. The number of imide groups is 1. The Morgan fingerprint density at radius 1 is 1.16 bits per heavy atom. The predicted molar refractivity (Wildman–Crippen MR) is 118 cm³/mol. The molecular formula is C24H31N3O4. The van der Waals surface area contributed by atoms with E-state index >= 15 is 0 Å². The van der Waals surface area contributed by atoms with Crippen molar-refractivity contribution < 1.29 is 19.1 Å². The lowest BCUT2D eigenvalue weighted by atomic mass is 9.91. The summed E-state index contributed by atoms with van der Waals surface area (Å²) in [7, 11) is 1.63. The summed E-state index contributed by atoms with van der Waals surface area (Å²) in [4.78, 5) is 39.8. The smallest absolute Gasteiger partial charge is 0.325 e. The standard InChI is InChI=1S/C24H31N3O4/c1-6-7-18-8-10-19(11-9-18)24(4)22(29)27(23(30)25-24)15-21(28)20-14-16(2)26(17(20)3)12-13-31-5/h8-11,14H,6-7,12-13,15H2,1-5H3,(H,25,30)/t24-/m0/s1. The molecule has 1 N–H and O–H groups in total. The third-order valence-corrected chi connectivity index (χ3v) is 6.04. The fourth-order valence-corrected chi connectivity index (χ4v) is 4.17. The van der Waals surface area contributed by atoms with E-state index in [1.54, 1.807) is 20.1 Å². The molecule has 1 saturated heterocycles. The lowest BCUT2D eigenvalue weighted by Gasteiger charge is -2.22. The van der Waals surface area contributed by atoms with E-state index in [4.69, 9.17) is 4.74 Å². The summed E-state index contributed by atoms with van der Waals surface area (Å²) < 4.78 is 7.14. The molecule has 1 aliphatic heterocycles. The van der Waals surface area contributed by atoms with Crippen molar-refractivity contribution >= 4 is 17.7 Å². The number of hydrogen-bond acceptors (Lipinski definition) is 4. The highest BCUT2D eigenvalue weighted by Crippen LogP contribution is 2.29. The van der Waals surface area contributed by atoms with Crippen molar-refractivity contribution in [3.8, 4) is 0 Å². The molecule has 0 radical (unpaired) electrons. The van der Waals surface area contributed by atoms with Gasteiger partial charge in [-0.1, -0.05) is 37.6 Å². The Morgan fingerprint density at radius 3 is 2.45 bits per heavy atom. The Morgan fingerprint density at radius 2 is 1.84 bits per heavy atom. The fraction of sp³-hybridized carbons (Fsp3) is 0.458. The number of Topliss-reactive ketones (excluding diaryl/α,β-unsaturated/α-hetero) is 1. The van der Waals surface area contributed by atoms with Crippen LogP contribution in [0.2, 0.25) is 0 Å². The first-order chi connectivity index (χ1) is 14.7. The predicted octanol–water partition coefficient (Wildman–Crippen LogP) is 3.35. The van der Waals surface area contributed by atoms with Crippen LogP contribution in [0.5, 0.6) is 0 Å². The first kappa shape index (κ1) is 22.7. The maximum absolute atomic E-state index is 13.2. The van der Waals surface area contributed by atoms with Gasteiger partial charge in [0.15, 0.2) is 5.78 Å². The molecule has 0 saturated carbocycles. The normalized spacial score (nSPS) is 18.5. The zero-order valence-electron chi connectivity index (χ0n) is 18.9. The zero-order valence-corrected chi connectivity index (χ0v) is 18.9. The molecule has 1 aromatic carbocycles. The number of ketones is 1. The number of benzene rings is 1. The molecular weight excluding hydrogens is 394 g/mol. The second-order valence-electron chi connectivity index (χ2n) is 8.25. The van der Waals surface area contributed by atoms with Crippen LogP contribution in [0.25, 0.3) is 0 Å². The van der Waals surface area contributed by atoms with Gasteiger partial charge < -0.3 is 14.6 Å². The first-order valence-corrected chi connectivity index (χ1v) is 10.6. The third-order valence-electron chi connectivity index (χ3n) is 6.04. The van der Waals surface area contributed by atoms with Crippen molar-refractivity contribution in [1.29, 1.82) is 0 Å². The number of urea groups is 1. The first-order valence-electron chi connectivity index (χ1n) is 10.6. The molecule has 1 aromatic heterocycles. The quantitative estimate of drug-likeness (QED) is 0.494. The molecule has 0 bridgehead atoms. The van der Waals surface area contributed by atoms with Gasteiger partial charge in [-0.25, -0.2) is 4.79 Å². The molecule has 0 spiro atoms. The minimum Gasteiger partial charge on any atom is -0.383 e. The second kappa shape index (κ2) is 9.06. The summed E-state index contributed by atoms with van der Waals surface area (Å²) in [6.45, 7) is 8.46. The Balaban J connectivity index is 1.79. The molecule has 3 rings (SSSR count). The van der Waals surface area contributed by atoms with E-state index in [2.05, 4.69) is 12.2 Å². The molecule has 2 heterocycles. The van der Waals surface area contributed by atoms with Crippen LogP contribution in [0.4, 0.5) is 4.79 Å². The van der Waals surface area contributed by atoms with Crippen molar-refractivity contribution in [2.45, 2.75) is 52.6 Å². The number of carbonyl (C=O) groups excluding carboxylic acids is 3. The highest BCUT2D eigenvalue weighted by molar-refractivity contribution is 6.11. The zero-order chi connectivity index (χ0) is 22.8. The number of aromatic nitrogens is 1. The number of methoxy groups -OCH3 is 1. The van der Waals surface area contributed by atoms with Crippen LogP contribution in [0, 0.1) is 13.8 Å². The van der Waals surface area contributed by atoms with Gasteiger partial charge in [-0.2, -0.15) is 0 Å². The van der Waals surface area contributed by atoms with Crippen LogP contribution >= 0.6 is 0 Å². The highest BCUT2D eigenvalue weighted by atomic mass is 16.5. The van der Waals surface area contributed by atoms with Gasteiger partial charge >= 0.3 is 6.03 Å². The average Bonchev–Trinajstić information content (AvgIpc) is 3.14. The Hall–Kier alpha value is -2.93. The average molecular weight is 426 g/mol.